The first-order valence-corrected chi connectivity index (χ1v) is 13.2. The Morgan fingerprint density at radius 1 is 1.05 bits per heavy atom. The van der Waals surface area contributed by atoms with E-state index in [1.54, 1.807) is 43.5 Å². The maximum absolute atomic E-state index is 12.8. The van der Waals surface area contributed by atoms with Crippen molar-refractivity contribution in [2.45, 2.75) is 24.1 Å². The van der Waals surface area contributed by atoms with E-state index < -0.39 is 5.25 Å². The Hall–Kier alpha value is -3.82. The van der Waals surface area contributed by atoms with Crippen LogP contribution >= 0.6 is 23.4 Å². The van der Waals surface area contributed by atoms with E-state index in [4.69, 9.17) is 26.2 Å². The first-order valence-electron chi connectivity index (χ1n) is 11.9. The monoisotopic (exact) mass is 548 g/mol. The number of benzene rings is 3. The number of thioether (sulfide) groups is 1. The van der Waals surface area contributed by atoms with Crippen molar-refractivity contribution < 1.29 is 19.1 Å². The highest BCUT2D eigenvalue weighted by atomic mass is 35.5. The lowest BCUT2D eigenvalue weighted by Gasteiger charge is -2.23. The molecule has 2 heterocycles. The van der Waals surface area contributed by atoms with E-state index in [1.165, 1.54) is 11.8 Å². The minimum Gasteiger partial charge on any atom is -0.497 e. The molecule has 2 aliphatic rings. The summed E-state index contributed by atoms with van der Waals surface area (Å²) in [6.45, 7) is 0. The summed E-state index contributed by atoms with van der Waals surface area (Å²) in [4.78, 5) is 29.8. The van der Waals surface area contributed by atoms with Crippen LogP contribution in [0.15, 0.2) is 82.9 Å². The average Bonchev–Trinajstić information content (AvgIpc) is 3.53. The number of amidine groups is 1. The number of anilines is 1. The molecule has 5 rings (SSSR count). The van der Waals surface area contributed by atoms with E-state index >= 15 is 0 Å². The molecule has 194 valence electrons. The summed E-state index contributed by atoms with van der Waals surface area (Å²) < 4.78 is 10.5. The first kappa shape index (κ1) is 25.8. The highest BCUT2D eigenvalue weighted by Gasteiger charge is 2.39. The number of hydrazone groups is 1. The van der Waals surface area contributed by atoms with Gasteiger partial charge in [0, 0.05) is 29.6 Å². The van der Waals surface area contributed by atoms with E-state index in [0.29, 0.717) is 28.0 Å². The van der Waals surface area contributed by atoms with Crippen LogP contribution < -0.4 is 14.8 Å². The van der Waals surface area contributed by atoms with Gasteiger partial charge in [0.1, 0.15) is 16.7 Å². The zero-order chi connectivity index (χ0) is 26.6. The van der Waals surface area contributed by atoms with Crippen molar-refractivity contribution in [1.29, 1.82) is 0 Å². The van der Waals surface area contributed by atoms with Crippen molar-refractivity contribution in [1.82, 2.24) is 5.01 Å². The second-order valence-electron chi connectivity index (χ2n) is 8.71. The molecule has 0 bridgehead atoms. The molecule has 2 unspecified atom stereocenters. The smallest absolute Gasteiger partial charge is 0.262 e. The largest absolute Gasteiger partial charge is 0.497 e. The second-order valence-corrected chi connectivity index (χ2v) is 10.3. The van der Waals surface area contributed by atoms with Crippen molar-refractivity contribution in [3.63, 3.8) is 0 Å². The fraction of sp³-hybridized carbons (Fsp3) is 0.214. The molecular formula is C28H25ClN4O4S. The number of hydrogen-bond donors (Lipinski definition) is 1. The van der Waals surface area contributed by atoms with Gasteiger partial charge < -0.3 is 14.8 Å². The van der Waals surface area contributed by atoms with E-state index in [9.17, 15) is 9.59 Å². The molecule has 2 atom stereocenters. The van der Waals surface area contributed by atoms with Crippen molar-refractivity contribution in [2.75, 3.05) is 19.5 Å². The predicted octanol–water partition coefficient (Wildman–Crippen LogP) is 5.54. The van der Waals surface area contributed by atoms with Crippen LogP contribution in [0.4, 0.5) is 5.69 Å². The summed E-state index contributed by atoms with van der Waals surface area (Å²) >= 11 is 7.38. The number of carbonyl (C=O) groups excluding carboxylic acids is 2. The Morgan fingerprint density at radius 3 is 2.50 bits per heavy atom. The number of rotatable bonds is 7. The number of hydrogen-bond acceptors (Lipinski definition) is 7. The molecular weight excluding hydrogens is 524 g/mol. The van der Waals surface area contributed by atoms with E-state index in [-0.39, 0.29) is 24.3 Å². The van der Waals surface area contributed by atoms with Gasteiger partial charge in [0.2, 0.25) is 5.91 Å². The van der Waals surface area contributed by atoms with Gasteiger partial charge in [-0.25, -0.2) is 5.01 Å². The molecule has 0 spiro atoms. The molecule has 1 N–H and O–H groups in total. The summed E-state index contributed by atoms with van der Waals surface area (Å²) in [5, 5.41) is 9.95. The van der Waals surface area contributed by atoms with Crippen LogP contribution in [0.3, 0.4) is 0 Å². The number of carbonyl (C=O) groups is 2. The zero-order valence-corrected chi connectivity index (χ0v) is 22.3. The Labute approximate surface area is 229 Å². The molecule has 0 saturated carbocycles. The lowest BCUT2D eigenvalue weighted by atomic mass is 9.98. The lowest BCUT2D eigenvalue weighted by molar-refractivity contribution is -0.121. The number of halogens is 1. The van der Waals surface area contributed by atoms with E-state index in [2.05, 4.69) is 10.3 Å². The van der Waals surface area contributed by atoms with Crippen LogP contribution in [-0.2, 0) is 9.59 Å². The molecule has 0 radical (unpaired) electrons. The number of nitrogens with one attached hydrogen (secondary N) is 1. The van der Waals surface area contributed by atoms with Crippen LogP contribution in [-0.4, -0.2) is 47.2 Å². The third-order valence-electron chi connectivity index (χ3n) is 6.24. The number of methoxy groups -OCH3 is 2. The Bertz CT molecular complexity index is 1410. The molecule has 2 amide bonds. The normalized spacial score (nSPS) is 18.7. The molecule has 2 aliphatic heterocycles. The van der Waals surface area contributed by atoms with Crippen LogP contribution in [0, 0.1) is 0 Å². The predicted molar refractivity (Wildman–Crippen MR) is 150 cm³/mol. The van der Waals surface area contributed by atoms with Gasteiger partial charge in [0.15, 0.2) is 5.17 Å². The third-order valence-corrected chi connectivity index (χ3v) is 7.63. The summed E-state index contributed by atoms with van der Waals surface area (Å²) in [7, 11) is 3.19. The van der Waals surface area contributed by atoms with Gasteiger partial charge in [0.05, 0.1) is 26.0 Å². The van der Waals surface area contributed by atoms with Gasteiger partial charge in [-0.2, -0.15) is 10.1 Å². The Kier molecular flexibility index (Phi) is 7.67. The highest BCUT2D eigenvalue weighted by Crippen LogP contribution is 2.39. The molecule has 38 heavy (non-hydrogen) atoms. The van der Waals surface area contributed by atoms with Gasteiger partial charge in [-0.3, -0.25) is 9.59 Å². The molecule has 0 fully saturated rings. The van der Waals surface area contributed by atoms with Gasteiger partial charge >= 0.3 is 0 Å². The second kappa shape index (κ2) is 11.3. The minimum absolute atomic E-state index is 0.0117. The van der Waals surface area contributed by atoms with Crippen molar-refractivity contribution in [2.24, 2.45) is 10.1 Å². The van der Waals surface area contributed by atoms with Crippen LogP contribution in [0.2, 0.25) is 5.02 Å². The molecule has 10 heteroatoms. The molecule has 3 aromatic carbocycles. The molecule has 0 saturated heterocycles. The van der Waals surface area contributed by atoms with Crippen molar-refractivity contribution in [3.05, 3.63) is 88.9 Å². The first-order chi connectivity index (χ1) is 18.4. The standard InChI is InChI=1S/C28H25ClN4O4S/c1-36-21-12-8-17(9-13-21)23-15-24(18-6-10-19(29)11-7-18)33(32-23)28-31-27(35)25(38-28)16-26(34)30-20-4-3-5-22(14-20)37-2/h3-14,24-25H,15-16H2,1-2H3,(H,30,34). The fourth-order valence-corrected chi connectivity index (χ4v) is 5.46. The minimum atomic E-state index is -0.637. The highest BCUT2D eigenvalue weighted by molar-refractivity contribution is 8.15. The van der Waals surface area contributed by atoms with Crippen LogP contribution in [0.5, 0.6) is 11.5 Å². The molecule has 0 aromatic heterocycles. The van der Waals surface area contributed by atoms with Gasteiger partial charge in [-0.15, -0.1) is 0 Å². The molecule has 0 aliphatic carbocycles. The zero-order valence-electron chi connectivity index (χ0n) is 20.8. The quantitative estimate of drug-likeness (QED) is 0.417. The summed E-state index contributed by atoms with van der Waals surface area (Å²) in [5.74, 6) is 0.759. The van der Waals surface area contributed by atoms with Crippen LogP contribution in [0.1, 0.15) is 30.0 Å². The summed E-state index contributed by atoms with van der Waals surface area (Å²) in [5.41, 5.74) is 3.41. The summed E-state index contributed by atoms with van der Waals surface area (Å²) in [6.07, 6.45) is 0.602. The van der Waals surface area contributed by atoms with Gasteiger partial charge in [0.25, 0.3) is 5.91 Å². The average molecular weight is 549 g/mol. The Morgan fingerprint density at radius 2 is 1.79 bits per heavy atom. The van der Waals surface area contributed by atoms with E-state index in [1.807, 2.05) is 48.5 Å². The van der Waals surface area contributed by atoms with Crippen LogP contribution in [0.25, 0.3) is 0 Å². The lowest BCUT2D eigenvalue weighted by Crippen LogP contribution is -2.25. The van der Waals surface area contributed by atoms with Gasteiger partial charge in [-0.05, 0) is 59.7 Å². The fourth-order valence-electron chi connectivity index (χ4n) is 4.27. The number of ether oxygens (including phenoxy) is 2. The third kappa shape index (κ3) is 5.69. The molecule has 3 aromatic rings. The van der Waals surface area contributed by atoms with Crippen molar-refractivity contribution >= 4 is 51.7 Å². The maximum atomic E-state index is 12.8. The van der Waals surface area contributed by atoms with Gasteiger partial charge in [-0.1, -0.05) is 41.6 Å². The van der Waals surface area contributed by atoms with E-state index in [0.717, 1.165) is 22.6 Å². The Balaban J connectivity index is 1.34. The number of amides is 2. The maximum Gasteiger partial charge on any atom is 0.262 e. The number of aliphatic imine (C=N–C) groups is 1. The number of nitrogens with zero attached hydrogens (tertiary/aromatic N) is 3. The molecule has 8 nitrogen and oxygen atoms in total. The van der Waals surface area contributed by atoms with Crippen molar-refractivity contribution in [3.8, 4) is 11.5 Å². The topological polar surface area (TPSA) is 92.6 Å². The SMILES string of the molecule is COc1ccc(C2=NN(C3=NC(=O)C(CC(=O)Nc4cccc(OC)c4)S3)C(c3ccc(Cl)cc3)C2)cc1. The summed E-state index contributed by atoms with van der Waals surface area (Å²) in [6, 6.07) is 22.2.